The zero-order chi connectivity index (χ0) is 18.6. The SMILES string of the molecule is CN(C)S(=O)(=O)CC1COCC1NC(=O)c1ccccc1OC(F)F. The minimum Gasteiger partial charge on any atom is -0.434 e. The van der Waals surface area contributed by atoms with Gasteiger partial charge in [0.25, 0.3) is 5.91 Å². The Hall–Kier alpha value is -1.78. The Kier molecular flexibility index (Phi) is 6.31. The molecule has 7 nitrogen and oxygen atoms in total. The molecule has 0 bridgehead atoms. The summed E-state index contributed by atoms with van der Waals surface area (Å²) in [6.45, 7) is -2.72. The summed E-state index contributed by atoms with van der Waals surface area (Å²) < 4.78 is 59.7. The van der Waals surface area contributed by atoms with Crippen LogP contribution >= 0.6 is 0 Å². The quantitative estimate of drug-likeness (QED) is 0.763. The highest BCUT2D eigenvalue weighted by molar-refractivity contribution is 7.89. The van der Waals surface area contributed by atoms with Crippen molar-refractivity contribution in [3.8, 4) is 5.75 Å². The van der Waals surface area contributed by atoms with E-state index in [1.165, 1.54) is 38.4 Å². The molecule has 1 heterocycles. The van der Waals surface area contributed by atoms with Gasteiger partial charge in [-0.1, -0.05) is 12.1 Å². The van der Waals surface area contributed by atoms with Gasteiger partial charge in [-0.2, -0.15) is 8.78 Å². The molecule has 2 rings (SSSR count). The summed E-state index contributed by atoms with van der Waals surface area (Å²) in [4.78, 5) is 12.4. The summed E-state index contributed by atoms with van der Waals surface area (Å²) in [5, 5.41) is 2.65. The molecule has 2 unspecified atom stereocenters. The Morgan fingerprint density at radius 3 is 2.68 bits per heavy atom. The maximum absolute atomic E-state index is 12.4. The fourth-order valence-corrected chi connectivity index (χ4v) is 3.61. The van der Waals surface area contributed by atoms with Crippen LogP contribution in [0.1, 0.15) is 10.4 Å². The Morgan fingerprint density at radius 1 is 1.36 bits per heavy atom. The molecule has 1 aliphatic heterocycles. The molecule has 1 aromatic carbocycles. The first-order chi connectivity index (χ1) is 11.7. The lowest BCUT2D eigenvalue weighted by Crippen LogP contribution is -2.43. The van der Waals surface area contributed by atoms with Gasteiger partial charge in [0.1, 0.15) is 5.75 Å². The highest BCUT2D eigenvalue weighted by Gasteiger charge is 2.34. The normalized spacial score (nSPS) is 20.9. The van der Waals surface area contributed by atoms with E-state index in [4.69, 9.17) is 4.74 Å². The van der Waals surface area contributed by atoms with E-state index in [1.54, 1.807) is 0 Å². The van der Waals surface area contributed by atoms with E-state index in [1.807, 2.05) is 0 Å². The number of hydrogen-bond acceptors (Lipinski definition) is 5. The minimum absolute atomic E-state index is 0.0519. The van der Waals surface area contributed by atoms with Crippen LogP contribution in [-0.2, 0) is 14.8 Å². The smallest absolute Gasteiger partial charge is 0.387 e. The zero-order valence-electron chi connectivity index (χ0n) is 13.8. The number of halogens is 2. The number of nitrogens with zero attached hydrogens (tertiary/aromatic N) is 1. The summed E-state index contributed by atoms with van der Waals surface area (Å²) in [7, 11) is -0.606. The molecule has 1 saturated heterocycles. The van der Waals surface area contributed by atoms with Gasteiger partial charge in [-0.25, -0.2) is 12.7 Å². The molecule has 1 fully saturated rings. The van der Waals surface area contributed by atoms with Crippen LogP contribution in [0.4, 0.5) is 8.78 Å². The van der Waals surface area contributed by atoms with Crippen LogP contribution in [0.5, 0.6) is 5.75 Å². The second-order valence-electron chi connectivity index (χ2n) is 5.81. The van der Waals surface area contributed by atoms with Gasteiger partial charge in [0.2, 0.25) is 10.0 Å². The van der Waals surface area contributed by atoms with Crippen molar-refractivity contribution in [2.24, 2.45) is 5.92 Å². The van der Waals surface area contributed by atoms with Crippen LogP contribution < -0.4 is 10.1 Å². The zero-order valence-corrected chi connectivity index (χ0v) is 14.6. The molecule has 0 spiro atoms. The molecular weight excluding hydrogens is 358 g/mol. The molecule has 0 aliphatic carbocycles. The third-order valence-corrected chi connectivity index (χ3v) is 5.81. The van der Waals surface area contributed by atoms with Crippen LogP contribution in [0, 0.1) is 5.92 Å². The fourth-order valence-electron chi connectivity index (χ4n) is 2.44. The molecule has 25 heavy (non-hydrogen) atoms. The third kappa shape index (κ3) is 5.10. The van der Waals surface area contributed by atoms with Crippen molar-refractivity contribution in [2.45, 2.75) is 12.7 Å². The first kappa shape index (κ1) is 19.5. The molecule has 0 aromatic heterocycles. The van der Waals surface area contributed by atoms with Crippen molar-refractivity contribution in [1.29, 1.82) is 0 Å². The molecule has 10 heteroatoms. The summed E-state index contributed by atoms with van der Waals surface area (Å²) in [6, 6.07) is 5.07. The van der Waals surface area contributed by atoms with Gasteiger partial charge >= 0.3 is 6.61 Å². The van der Waals surface area contributed by atoms with Gasteiger partial charge in [0.15, 0.2) is 0 Å². The molecule has 1 amide bonds. The summed E-state index contributed by atoms with van der Waals surface area (Å²) in [5.41, 5.74) is -0.0519. The van der Waals surface area contributed by atoms with Crippen molar-refractivity contribution >= 4 is 15.9 Å². The number of sulfonamides is 1. The molecule has 1 N–H and O–H groups in total. The first-order valence-corrected chi connectivity index (χ1v) is 9.14. The average molecular weight is 378 g/mol. The second-order valence-corrected chi connectivity index (χ2v) is 8.04. The van der Waals surface area contributed by atoms with Crippen LogP contribution in [-0.4, -0.2) is 64.3 Å². The van der Waals surface area contributed by atoms with Crippen molar-refractivity contribution in [3.63, 3.8) is 0 Å². The van der Waals surface area contributed by atoms with Gasteiger partial charge < -0.3 is 14.8 Å². The lowest BCUT2D eigenvalue weighted by atomic mass is 10.1. The fraction of sp³-hybridized carbons (Fsp3) is 0.533. The second kappa shape index (κ2) is 8.07. The average Bonchev–Trinajstić information content (AvgIpc) is 2.93. The van der Waals surface area contributed by atoms with E-state index in [0.29, 0.717) is 0 Å². The van der Waals surface area contributed by atoms with E-state index >= 15 is 0 Å². The van der Waals surface area contributed by atoms with E-state index in [9.17, 15) is 22.0 Å². The van der Waals surface area contributed by atoms with Gasteiger partial charge in [0.05, 0.1) is 30.6 Å². The standard InChI is InChI=1S/C15H20F2N2O5S/c1-19(2)25(21,22)9-10-7-23-8-12(10)18-14(20)11-5-3-4-6-13(11)24-15(16)17/h3-6,10,12,15H,7-9H2,1-2H3,(H,18,20). The Morgan fingerprint density at radius 2 is 2.04 bits per heavy atom. The van der Waals surface area contributed by atoms with Crippen molar-refractivity contribution in [3.05, 3.63) is 29.8 Å². The highest BCUT2D eigenvalue weighted by atomic mass is 32.2. The van der Waals surface area contributed by atoms with Crippen molar-refractivity contribution < 1.29 is 31.5 Å². The first-order valence-electron chi connectivity index (χ1n) is 7.53. The molecule has 1 aliphatic rings. The largest absolute Gasteiger partial charge is 0.434 e. The van der Waals surface area contributed by atoms with Gasteiger partial charge in [-0.3, -0.25) is 4.79 Å². The predicted molar refractivity (Wildman–Crippen MR) is 86.1 cm³/mol. The van der Waals surface area contributed by atoms with Crippen LogP contribution in [0.25, 0.3) is 0 Å². The molecule has 2 atom stereocenters. The maximum Gasteiger partial charge on any atom is 0.387 e. The number of hydrogen-bond donors (Lipinski definition) is 1. The number of carbonyl (C=O) groups excluding carboxylic acids is 1. The van der Waals surface area contributed by atoms with Gasteiger partial charge in [0, 0.05) is 20.0 Å². The number of alkyl halides is 2. The molecule has 0 saturated carbocycles. The summed E-state index contributed by atoms with van der Waals surface area (Å²) in [5.74, 6) is -1.48. The van der Waals surface area contributed by atoms with Crippen molar-refractivity contribution in [1.82, 2.24) is 9.62 Å². The number of rotatable bonds is 7. The minimum atomic E-state index is -3.46. The molecule has 140 valence electrons. The summed E-state index contributed by atoms with van der Waals surface area (Å²) >= 11 is 0. The number of amides is 1. The van der Waals surface area contributed by atoms with Gasteiger partial charge in [-0.05, 0) is 12.1 Å². The Balaban J connectivity index is 2.10. The van der Waals surface area contributed by atoms with Gasteiger partial charge in [-0.15, -0.1) is 0 Å². The van der Waals surface area contributed by atoms with Crippen LogP contribution in [0.3, 0.4) is 0 Å². The number of para-hydroxylation sites is 1. The number of carbonyl (C=O) groups is 1. The molecule has 0 radical (unpaired) electrons. The van der Waals surface area contributed by atoms with Crippen LogP contribution in [0.2, 0.25) is 0 Å². The Bertz CT molecular complexity index is 712. The van der Waals surface area contributed by atoms with E-state index in [-0.39, 0.29) is 30.3 Å². The van der Waals surface area contributed by atoms with E-state index in [2.05, 4.69) is 10.1 Å². The highest BCUT2D eigenvalue weighted by Crippen LogP contribution is 2.22. The molecular formula is C15H20F2N2O5S. The van der Waals surface area contributed by atoms with Crippen molar-refractivity contribution in [2.75, 3.05) is 33.1 Å². The Labute approximate surface area is 145 Å². The maximum atomic E-state index is 12.4. The topological polar surface area (TPSA) is 84.9 Å². The number of benzene rings is 1. The molecule has 1 aromatic rings. The van der Waals surface area contributed by atoms with E-state index in [0.717, 1.165) is 4.31 Å². The number of ether oxygens (including phenoxy) is 2. The van der Waals surface area contributed by atoms with Crippen LogP contribution in [0.15, 0.2) is 24.3 Å². The lowest BCUT2D eigenvalue weighted by molar-refractivity contribution is -0.0501. The third-order valence-electron chi connectivity index (χ3n) is 3.84. The summed E-state index contributed by atoms with van der Waals surface area (Å²) in [6.07, 6.45) is 0. The predicted octanol–water partition coefficient (Wildman–Crippen LogP) is 0.924. The lowest BCUT2D eigenvalue weighted by Gasteiger charge is -2.21. The number of nitrogens with one attached hydrogen (secondary N) is 1. The monoisotopic (exact) mass is 378 g/mol. The van der Waals surface area contributed by atoms with E-state index < -0.39 is 34.5 Å².